The number of hydrogen-bond donors (Lipinski definition) is 1. The fourth-order valence-electron chi connectivity index (χ4n) is 3.65. The number of nitro benzene ring substituents is 1. The minimum atomic E-state index is -0.935. The average Bonchev–Trinajstić information content (AvgIpc) is 3.04. The van der Waals surface area contributed by atoms with Crippen molar-refractivity contribution in [3.63, 3.8) is 0 Å². The molecule has 0 aliphatic carbocycles. The van der Waals surface area contributed by atoms with Crippen LogP contribution >= 0.6 is 0 Å². The van der Waals surface area contributed by atoms with Gasteiger partial charge in [0.05, 0.1) is 16.5 Å². The summed E-state index contributed by atoms with van der Waals surface area (Å²) in [5.41, 5.74) is 1.59. The number of non-ortho nitro benzene ring substituents is 1. The third-order valence-corrected chi connectivity index (χ3v) is 5.05. The minimum Gasteiger partial charge on any atom is -0.507 e. The van der Waals surface area contributed by atoms with Crippen molar-refractivity contribution in [3.8, 4) is 0 Å². The van der Waals surface area contributed by atoms with Crippen molar-refractivity contribution in [3.05, 3.63) is 105 Å². The molecule has 1 aromatic heterocycles. The zero-order chi connectivity index (χ0) is 22.1. The standard InChI is InChI=1S/C23H17N3O5/c1-14-5-2-8-17(11-14)25-20(16-7-4-10-24-13-16)19(22(28)23(25)29)21(27)15-6-3-9-18(12-15)26(30)31/h2-13,20,27H,1H3/b21-19-. The van der Waals surface area contributed by atoms with Crippen LogP contribution in [0.3, 0.4) is 0 Å². The molecule has 1 atom stereocenters. The molecule has 8 heteroatoms. The number of nitro groups is 1. The summed E-state index contributed by atoms with van der Waals surface area (Å²) in [6, 6.07) is 14.8. The first-order chi connectivity index (χ1) is 14.9. The molecule has 8 nitrogen and oxygen atoms in total. The van der Waals surface area contributed by atoms with Gasteiger partial charge in [-0.25, -0.2) is 0 Å². The highest BCUT2D eigenvalue weighted by molar-refractivity contribution is 6.51. The third kappa shape index (κ3) is 3.55. The van der Waals surface area contributed by atoms with E-state index in [1.54, 1.807) is 36.5 Å². The summed E-state index contributed by atoms with van der Waals surface area (Å²) in [6.45, 7) is 1.86. The molecule has 1 fully saturated rings. The van der Waals surface area contributed by atoms with Gasteiger partial charge in [-0.05, 0) is 36.2 Å². The molecule has 1 aliphatic heterocycles. The van der Waals surface area contributed by atoms with E-state index < -0.39 is 28.4 Å². The van der Waals surface area contributed by atoms with Gasteiger partial charge in [-0.3, -0.25) is 29.6 Å². The monoisotopic (exact) mass is 415 g/mol. The number of ketones is 1. The van der Waals surface area contributed by atoms with Gasteiger partial charge in [0, 0.05) is 35.8 Å². The van der Waals surface area contributed by atoms with Gasteiger partial charge in [0.1, 0.15) is 5.76 Å². The van der Waals surface area contributed by atoms with Crippen LogP contribution in [0.4, 0.5) is 11.4 Å². The fraction of sp³-hybridized carbons (Fsp3) is 0.0870. The maximum atomic E-state index is 13.0. The van der Waals surface area contributed by atoms with Crippen LogP contribution < -0.4 is 4.90 Å². The maximum absolute atomic E-state index is 13.0. The Balaban J connectivity index is 1.95. The molecule has 0 bridgehead atoms. The van der Waals surface area contributed by atoms with Crippen LogP contribution in [0.25, 0.3) is 5.76 Å². The highest BCUT2D eigenvalue weighted by Gasteiger charge is 2.47. The van der Waals surface area contributed by atoms with E-state index in [9.17, 15) is 24.8 Å². The molecule has 1 aliphatic rings. The van der Waals surface area contributed by atoms with E-state index in [4.69, 9.17) is 0 Å². The minimum absolute atomic E-state index is 0.0744. The van der Waals surface area contributed by atoms with Gasteiger partial charge in [-0.15, -0.1) is 0 Å². The number of amides is 1. The number of hydrogen-bond acceptors (Lipinski definition) is 6. The molecule has 4 rings (SSSR count). The Hall–Kier alpha value is -4.33. The van der Waals surface area contributed by atoms with Crippen LogP contribution in [0, 0.1) is 17.0 Å². The lowest BCUT2D eigenvalue weighted by molar-refractivity contribution is -0.384. The molecule has 2 aromatic carbocycles. The van der Waals surface area contributed by atoms with Crippen LogP contribution in [-0.2, 0) is 9.59 Å². The van der Waals surface area contributed by atoms with Crippen molar-refractivity contribution in [1.82, 2.24) is 4.98 Å². The molecule has 154 valence electrons. The molecular weight excluding hydrogens is 398 g/mol. The van der Waals surface area contributed by atoms with Crippen molar-refractivity contribution < 1.29 is 19.6 Å². The van der Waals surface area contributed by atoms with Gasteiger partial charge >= 0.3 is 0 Å². The molecule has 1 amide bonds. The van der Waals surface area contributed by atoms with Gasteiger partial charge in [-0.1, -0.05) is 30.3 Å². The van der Waals surface area contributed by atoms with Crippen molar-refractivity contribution in [1.29, 1.82) is 0 Å². The Morgan fingerprint density at radius 1 is 1.10 bits per heavy atom. The molecule has 1 unspecified atom stereocenters. The summed E-state index contributed by atoms with van der Waals surface area (Å²) in [4.78, 5) is 42.0. The zero-order valence-electron chi connectivity index (χ0n) is 16.4. The van der Waals surface area contributed by atoms with E-state index in [1.807, 2.05) is 13.0 Å². The average molecular weight is 415 g/mol. The predicted molar refractivity (Wildman–Crippen MR) is 113 cm³/mol. The third-order valence-electron chi connectivity index (χ3n) is 5.05. The molecule has 1 saturated heterocycles. The van der Waals surface area contributed by atoms with Crippen LogP contribution in [0.1, 0.15) is 22.7 Å². The van der Waals surface area contributed by atoms with Crippen molar-refractivity contribution >= 4 is 28.8 Å². The molecule has 31 heavy (non-hydrogen) atoms. The lowest BCUT2D eigenvalue weighted by Crippen LogP contribution is -2.29. The molecule has 0 radical (unpaired) electrons. The predicted octanol–water partition coefficient (Wildman–Crippen LogP) is 3.92. The van der Waals surface area contributed by atoms with E-state index in [2.05, 4.69) is 4.98 Å². The molecule has 3 aromatic rings. The molecule has 0 saturated carbocycles. The first-order valence-corrected chi connectivity index (χ1v) is 9.41. The van der Waals surface area contributed by atoms with E-state index in [0.717, 1.165) is 11.6 Å². The summed E-state index contributed by atoms with van der Waals surface area (Å²) in [5, 5.41) is 22.1. The van der Waals surface area contributed by atoms with Crippen LogP contribution in [0.2, 0.25) is 0 Å². The van der Waals surface area contributed by atoms with Crippen molar-refractivity contribution in [2.45, 2.75) is 13.0 Å². The summed E-state index contributed by atoms with van der Waals surface area (Å²) < 4.78 is 0. The number of aromatic nitrogens is 1. The first-order valence-electron chi connectivity index (χ1n) is 9.41. The number of anilines is 1. The Kier molecular flexibility index (Phi) is 5.04. The molecule has 0 spiro atoms. The Bertz CT molecular complexity index is 1240. The fourth-order valence-corrected chi connectivity index (χ4v) is 3.65. The van der Waals surface area contributed by atoms with Gasteiger partial charge < -0.3 is 5.11 Å². The zero-order valence-corrected chi connectivity index (χ0v) is 16.4. The highest BCUT2D eigenvalue weighted by atomic mass is 16.6. The van der Waals surface area contributed by atoms with E-state index in [0.29, 0.717) is 11.3 Å². The second-order valence-corrected chi connectivity index (χ2v) is 7.10. The second-order valence-electron chi connectivity index (χ2n) is 7.10. The topological polar surface area (TPSA) is 114 Å². The molecular formula is C23H17N3O5. The van der Waals surface area contributed by atoms with Gasteiger partial charge in [-0.2, -0.15) is 0 Å². The van der Waals surface area contributed by atoms with Gasteiger partial charge in [0.2, 0.25) is 0 Å². The number of benzene rings is 2. The Morgan fingerprint density at radius 3 is 2.55 bits per heavy atom. The van der Waals surface area contributed by atoms with Gasteiger partial charge in [0.25, 0.3) is 17.4 Å². The summed E-state index contributed by atoms with van der Waals surface area (Å²) in [6.07, 6.45) is 3.07. The number of aliphatic hydroxyl groups is 1. The van der Waals surface area contributed by atoms with E-state index >= 15 is 0 Å². The normalized spacial score (nSPS) is 17.7. The second kappa shape index (κ2) is 7.83. The lowest BCUT2D eigenvalue weighted by atomic mass is 9.96. The number of carbonyl (C=O) groups is 2. The number of nitrogens with zero attached hydrogens (tertiary/aromatic N) is 3. The number of rotatable bonds is 4. The Morgan fingerprint density at radius 2 is 1.87 bits per heavy atom. The summed E-state index contributed by atoms with van der Waals surface area (Å²) >= 11 is 0. The highest BCUT2D eigenvalue weighted by Crippen LogP contribution is 2.42. The summed E-state index contributed by atoms with van der Waals surface area (Å²) in [5.74, 6) is -2.16. The van der Waals surface area contributed by atoms with Crippen LogP contribution in [0.15, 0.2) is 78.6 Å². The number of aryl methyl sites for hydroxylation is 1. The summed E-state index contributed by atoms with van der Waals surface area (Å²) in [7, 11) is 0. The Labute approximate surface area is 177 Å². The number of aliphatic hydroxyl groups excluding tert-OH is 1. The van der Waals surface area contributed by atoms with E-state index in [1.165, 1.54) is 29.3 Å². The molecule has 1 N–H and O–H groups in total. The van der Waals surface area contributed by atoms with Crippen LogP contribution in [0.5, 0.6) is 0 Å². The van der Waals surface area contributed by atoms with Crippen molar-refractivity contribution in [2.75, 3.05) is 4.90 Å². The lowest BCUT2D eigenvalue weighted by Gasteiger charge is -2.25. The smallest absolute Gasteiger partial charge is 0.300 e. The quantitative estimate of drug-likeness (QED) is 0.227. The number of Topliss-reactive ketones (excluding diaryl/α,β-unsaturated/α-hetero) is 1. The largest absolute Gasteiger partial charge is 0.507 e. The SMILES string of the molecule is Cc1cccc(N2C(=O)C(=O)/C(=C(\O)c3cccc([N+](=O)[O-])c3)C2c2cccnc2)c1. The first kappa shape index (κ1) is 20.0. The van der Waals surface area contributed by atoms with Crippen molar-refractivity contribution in [2.24, 2.45) is 0 Å². The maximum Gasteiger partial charge on any atom is 0.300 e. The number of carbonyl (C=O) groups excluding carboxylic acids is 2. The molecule has 2 heterocycles. The van der Waals surface area contributed by atoms with E-state index in [-0.39, 0.29) is 16.8 Å². The van der Waals surface area contributed by atoms with Crippen LogP contribution in [-0.4, -0.2) is 26.7 Å². The number of pyridine rings is 1. The van der Waals surface area contributed by atoms with Gasteiger partial charge in [0.15, 0.2) is 0 Å².